The zero-order chi connectivity index (χ0) is 20.3. The Bertz CT molecular complexity index is 723. The quantitative estimate of drug-likeness (QED) is 0.289. The van der Waals surface area contributed by atoms with E-state index in [9.17, 15) is 4.79 Å². The van der Waals surface area contributed by atoms with Crippen LogP contribution in [0.5, 0.6) is 0 Å². The second-order valence-electron chi connectivity index (χ2n) is 7.95. The van der Waals surface area contributed by atoms with Gasteiger partial charge in [-0.05, 0) is 63.6 Å². The van der Waals surface area contributed by atoms with Crippen molar-refractivity contribution in [3.8, 4) is 0 Å². The van der Waals surface area contributed by atoms with Crippen LogP contribution >= 0.6 is 0 Å². The van der Waals surface area contributed by atoms with Gasteiger partial charge in [0, 0.05) is 18.7 Å². The number of piperidine rings is 1. The maximum Gasteiger partial charge on any atom is 0.260 e. The molecule has 1 aromatic rings. The Morgan fingerprint density at radius 2 is 1.97 bits per heavy atom. The van der Waals surface area contributed by atoms with Crippen LogP contribution in [0.3, 0.4) is 0 Å². The highest BCUT2D eigenvalue weighted by Crippen LogP contribution is 2.19. The van der Waals surface area contributed by atoms with Gasteiger partial charge in [0.25, 0.3) is 5.91 Å². The Kier molecular flexibility index (Phi) is 8.56. The molecule has 0 atom stereocenters. The number of amides is 1. The molecule has 0 bridgehead atoms. The second-order valence-corrected chi connectivity index (χ2v) is 7.95. The fraction of sp³-hybridized carbons (Fsp3) is 0.565. The first-order valence-corrected chi connectivity index (χ1v) is 10.9. The lowest BCUT2D eigenvalue weighted by atomic mass is 9.97. The number of benzene rings is 1. The number of rotatable bonds is 9. The molecule has 6 heteroatoms. The van der Waals surface area contributed by atoms with E-state index in [0.29, 0.717) is 12.4 Å². The third kappa shape index (κ3) is 7.20. The summed E-state index contributed by atoms with van der Waals surface area (Å²) in [5, 5.41) is 6.88. The summed E-state index contributed by atoms with van der Waals surface area (Å²) in [7, 11) is 0. The molecule has 6 nitrogen and oxygen atoms in total. The highest BCUT2D eigenvalue weighted by Gasteiger charge is 2.14. The van der Waals surface area contributed by atoms with E-state index in [1.807, 2.05) is 18.2 Å². The van der Waals surface area contributed by atoms with E-state index in [-0.39, 0.29) is 12.5 Å². The number of carbonyl (C=O) groups is 1. The van der Waals surface area contributed by atoms with Crippen LogP contribution < -0.4 is 11.1 Å². The fourth-order valence-corrected chi connectivity index (χ4v) is 4.02. The van der Waals surface area contributed by atoms with Crippen molar-refractivity contribution in [2.24, 2.45) is 10.9 Å². The number of nitrogens with one attached hydrogen (secondary N) is 1. The minimum absolute atomic E-state index is 0.117. The molecule has 1 aliphatic heterocycles. The molecular formula is C23H34N4O2. The normalized spacial score (nSPS) is 18.2. The van der Waals surface area contributed by atoms with Crippen molar-refractivity contribution in [3.63, 3.8) is 0 Å². The number of hydrogen-bond acceptors (Lipinski definition) is 4. The monoisotopic (exact) mass is 398 g/mol. The molecule has 1 heterocycles. The summed E-state index contributed by atoms with van der Waals surface area (Å²) < 4.78 is 0. The Morgan fingerprint density at radius 1 is 1.14 bits per heavy atom. The highest BCUT2D eigenvalue weighted by atomic mass is 16.6. The maximum atomic E-state index is 12.0. The summed E-state index contributed by atoms with van der Waals surface area (Å²) in [4.78, 5) is 19.6. The van der Waals surface area contributed by atoms with E-state index in [0.717, 1.165) is 43.6 Å². The van der Waals surface area contributed by atoms with Gasteiger partial charge in [0.15, 0.2) is 12.4 Å². The zero-order valence-electron chi connectivity index (χ0n) is 17.4. The number of allylic oxidation sites excluding steroid dienone is 1. The van der Waals surface area contributed by atoms with Crippen LogP contribution in [0, 0.1) is 0 Å². The molecule has 1 aliphatic carbocycles. The van der Waals surface area contributed by atoms with Crippen molar-refractivity contribution in [1.29, 1.82) is 0 Å². The number of nitrogens with two attached hydrogens (primary N) is 1. The average molecular weight is 399 g/mol. The van der Waals surface area contributed by atoms with Crippen LogP contribution in [0.4, 0.5) is 0 Å². The SMILES string of the molecule is N/C(=N\OCC(=O)NCCC1=CCCCC1)c1ccccc1CN1CCCCC1. The third-order valence-electron chi connectivity index (χ3n) is 5.65. The van der Waals surface area contributed by atoms with Gasteiger partial charge >= 0.3 is 0 Å². The van der Waals surface area contributed by atoms with Crippen molar-refractivity contribution in [3.05, 3.63) is 47.0 Å². The number of nitrogens with zero attached hydrogens (tertiary/aromatic N) is 2. The summed E-state index contributed by atoms with van der Waals surface area (Å²) in [5.74, 6) is 0.150. The van der Waals surface area contributed by atoms with Gasteiger partial charge in [-0.2, -0.15) is 0 Å². The molecule has 1 aromatic carbocycles. The molecule has 0 unspecified atom stereocenters. The Balaban J connectivity index is 1.44. The van der Waals surface area contributed by atoms with Crippen molar-refractivity contribution < 1.29 is 9.63 Å². The molecule has 1 fully saturated rings. The fourth-order valence-electron chi connectivity index (χ4n) is 4.02. The molecule has 2 aliphatic rings. The zero-order valence-corrected chi connectivity index (χ0v) is 17.4. The molecule has 0 radical (unpaired) electrons. The van der Waals surface area contributed by atoms with E-state index in [2.05, 4.69) is 27.5 Å². The third-order valence-corrected chi connectivity index (χ3v) is 5.65. The van der Waals surface area contributed by atoms with Crippen molar-refractivity contribution in [1.82, 2.24) is 10.2 Å². The molecule has 0 saturated carbocycles. The first kappa shape index (κ1) is 21.4. The van der Waals surface area contributed by atoms with Crippen LogP contribution in [-0.2, 0) is 16.2 Å². The maximum absolute atomic E-state index is 12.0. The van der Waals surface area contributed by atoms with Crippen LogP contribution in [0.15, 0.2) is 41.1 Å². The Labute approximate surface area is 174 Å². The van der Waals surface area contributed by atoms with Gasteiger partial charge in [-0.25, -0.2) is 0 Å². The van der Waals surface area contributed by atoms with Crippen LogP contribution in [0.25, 0.3) is 0 Å². The minimum Gasteiger partial charge on any atom is -0.384 e. The Hall–Kier alpha value is -2.34. The van der Waals surface area contributed by atoms with Gasteiger partial charge in [0.1, 0.15) is 0 Å². The van der Waals surface area contributed by atoms with E-state index in [1.165, 1.54) is 44.1 Å². The van der Waals surface area contributed by atoms with Gasteiger partial charge in [0.2, 0.25) is 0 Å². The van der Waals surface area contributed by atoms with E-state index < -0.39 is 0 Å². The van der Waals surface area contributed by atoms with Gasteiger partial charge in [-0.3, -0.25) is 9.69 Å². The number of oxime groups is 1. The van der Waals surface area contributed by atoms with Crippen LogP contribution in [-0.4, -0.2) is 42.9 Å². The molecule has 1 saturated heterocycles. The summed E-state index contributed by atoms with van der Waals surface area (Å²) in [6.07, 6.45) is 11.9. The topological polar surface area (TPSA) is 80.0 Å². The first-order valence-electron chi connectivity index (χ1n) is 10.9. The molecule has 29 heavy (non-hydrogen) atoms. The van der Waals surface area contributed by atoms with E-state index in [1.54, 1.807) is 0 Å². The van der Waals surface area contributed by atoms with Crippen LogP contribution in [0.2, 0.25) is 0 Å². The minimum atomic E-state index is -0.167. The molecule has 158 valence electrons. The lowest BCUT2D eigenvalue weighted by Crippen LogP contribution is -2.30. The predicted octanol–water partition coefficient (Wildman–Crippen LogP) is 3.32. The standard InChI is InChI=1S/C23H34N4O2/c24-23(21-12-6-5-11-20(21)17-27-15-7-2-8-16-27)26-29-18-22(28)25-14-13-19-9-3-1-4-10-19/h5-6,9,11-12H,1-4,7-8,10,13-18H2,(H2,24,26)(H,25,28). The number of hydrogen-bond donors (Lipinski definition) is 2. The molecule has 0 spiro atoms. The number of likely N-dealkylation sites (tertiary alicyclic amines) is 1. The summed E-state index contributed by atoms with van der Waals surface area (Å²) in [6.45, 7) is 3.64. The van der Waals surface area contributed by atoms with E-state index in [4.69, 9.17) is 10.6 Å². The smallest absolute Gasteiger partial charge is 0.260 e. The number of carbonyl (C=O) groups excluding carboxylic acids is 1. The molecule has 3 rings (SSSR count). The highest BCUT2D eigenvalue weighted by molar-refractivity contribution is 5.98. The predicted molar refractivity (Wildman–Crippen MR) is 116 cm³/mol. The lowest BCUT2D eigenvalue weighted by Gasteiger charge is -2.27. The van der Waals surface area contributed by atoms with Crippen molar-refractivity contribution in [2.75, 3.05) is 26.2 Å². The molecule has 3 N–H and O–H groups in total. The van der Waals surface area contributed by atoms with Gasteiger partial charge in [0.05, 0.1) is 0 Å². The second kappa shape index (κ2) is 11.6. The van der Waals surface area contributed by atoms with Crippen molar-refractivity contribution >= 4 is 11.7 Å². The van der Waals surface area contributed by atoms with Gasteiger partial charge in [-0.1, -0.05) is 47.5 Å². The summed E-state index contributed by atoms with van der Waals surface area (Å²) >= 11 is 0. The Morgan fingerprint density at radius 3 is 2.76 bits per heavy atom. The number of amidine groups is 1. The van der Waals surface area contributed by atoms with Crippen molar-refractivity contribution in [2.45, 2.75) is 57.9 Å². The van der Waals surface area contributed by atoms with E-state index >= 15 is 0 Å². The summed E-state index contributed by atoms with van der Waals surface area (Å²) in [5.41, 5.74) is 9.62. The first-order chi connectivity index (χ1) is 14.2. The molecular weight excluding hydrogens is 364 g/mol. The molecule has 1 amide bonds. The van der Waals surface area contributed by atoms with Gasteiger partial charge < -0.3 is 15.9 Å². The summed E-state index contributed by atoms with van der Waals surface area (Å²) in [6, 6.07) is 8.01. The van der Waals surface area contributed by atoms with Crippen LogP contribution in [0.1, 0.15) is 62.5 Å². The lowest BCUT2D eigenvalue weighted by molar-refractivity contribution is -0.125. The largest absolute Gasteiger partial charge is 0.384 e. The molecule has 0 aromatic heterocycles. The van der Waals surface area contributed by atoms with Gasteiger partial charge in [-0.15, -0.1) is 0 Å². The average Bonchev–Trinajstić information content (AvgIpc) is 2.75.